The quantitative estimate of drug-likeness (QED) is 0.840. The monoisotopic (exact) mass is 249 g/mol. The van der Waals surface area contributed by atoms with Crippen molar-refractivity contribution < 1.29 is 9.84 Å². The van der Waals surface area contributed by atoms with Crippen molar-refractivity contribution in [1.82, 2.24) is 5.32 Å². The molecule has 0 saturated heterocycles. The van der Waals surface area contributed by atoms with Gasteiger partial charge in [-0.25, -0.2) is 0 Å². The zero-order chi connectivity index (χ0) is 13.0. The van der Waals surface area contributed by atoms with Crippen LogP contribution >= 0.6 is 0 Å². The molecule has 0 saturated carbocycles. The average molecular weight is 249 g/mol. The Morgan fingerprint density at radius 1 is 1.44 bits per heavy atom. The van der Waals surface area contributed by atoms with Gasteiger partial charge < -0.3 is 15.2 Å². The van der Waals surface area contributed by atoms with Gasteiger partial charge in [-0.3, -0.25) is 0 Å². The van der Waals surface area contributed by atoms with Crippen molar-refractivity contribution in [1.29, 1.82) is 0 Å². The molecule has 1 aromatic rings. The third-order valence-electron chi connectivity index (χ3n) is 3.86. The lowest BCUT2D eigenvalue weighted by molar-refractivity contribution is 0.142. The van der Waals surface area contributed by atoms with E-state index in [1.807, 2.05) is 6.07 Å². The van der Waals surface area contributed by atoms with Crippen LogP contribution in [0.1, 0.15) is 37.3 Å². The first-order valence-electron chi connectivity index (χ1n) is 6.79. The van der Waals surface area contributed by atoms with Crippen molar-refractivity contribution in [2.24, 2.45) is 0 Å². The number of aliphatic hydroxyl groups excluding tert-OH is 1. The number of rotatable bonds is 5. The van der Waals surface area contributed by atoms with E-state index < -0.39 is 0 Å². The summed E-state index contributed by atoms with van der Waals surface area (Å²) in [5.41, 5.74) is 2.29. The number of nitrogens with one attached hydrogen (secondary N) is 1. The van der Waals surface area contributed by atoms with Crippen molar-refractivity contribution in [3.05, 3.63) is 29.3 Å². The van der Waals surface area contributed by atoms with Crippen molar-refractivity contribution in [3.63, 3.8) is 0 Å². The van der Waals surface area contributed by atoms with Gasteiger partial charge in [0.1, 0.15) is 5.75 Å². The van der Waals surface area contributed by atoms with Gasteiger partial charge in [0.2, 0.25) is 0 Å². The highest BCUT2D eigenvalue weighted by atomic mass is 16.5. The predicted octanol–water partition coefficient (Wildman–Crippen LogP) is 2.22. The zero-order valence-corrected chi connectivity index (χ0v) is 11.3. The van der Waals surface area contributed by atoms with E-state index in [1.165, 1.54) is 11.1 Å². The number of benzene rings is 1. The number of hydrogen-bond donors (Lipinski definition) is 2. The highest BCUT2D eigenvalue weighted by Gasteiger charge is 2.35. The fourth-order valence-corrected chi connectivity index (χ4v) is 2.85. The largest absolute Gasteiger partial charge is 0.497 e. The summed E-state index contributed by atoms with van der Waals surface area (Å²) in [6.07, 6.45) is 4.26. The lowest BCUT2D eigenvalue weighted by Crippen LogP contribution is -2.48. The van der Waals surface area contributed by atoms with Crippen molar-refractivity contribution in [2.75, 3.05) is 20.3 Å². The van der Waals surface area contributed by atoms with E-state index in [0.29, 0.717) is 0 Å². The first kappa shape index (κ1) is 13.4. The molecule has 0 aliphatic heterocycles. The van der Waals surface area contributed by atoms with Gasteiger partial charge in [0, 0.05) is 0 Å². The molecule has 1 aromatic carbocycles. The maximum Gasteiger partial charge on any atom is 0.119 e. The van der Waals surface area contributed by atoms with Crippen LogP contribution in [0.25, 0.3) is 0 Å². The highest BCUT2D eigenvalue weighted by molar-refractivity contribution is 5.41. The van der Waals surface area contributed by atoms with Crippen LogP contribution in [0.2, 0.25) is 0 Å². The fourth-order valence-electron chi connectivity index (χ4n) is 2.85. The molecule has 0 bridgehead atoms. The Bertz CT molecular complexity index is 405. The van der Waals surface area contributed by atoms with Crippen LogP contribution in [0.4, 0.5) is 0 Å². The SMILES string of the molecule is CCCNC1(CO)CCCc2cc(OC)ccc21. The van der Waals surface area contributed by atoms with Crippen LogP contribution < -0.4 is 10.1 Å². The van der Waals surface area contributed by atoms with E-state index in [-0.39, 0.29) is 12.1 Å². The van der Waals surface area contributed by atoms with Crippen LogP contribution in [-0.2, 0) is 12.0 Å². The molecule has 1 aliphatic carbocycles. The van der Waals surface area contributed by atoms with Crippen molar-refractivity contribution in [3.8, 4) is 5.75 Å². The standard InChI is InChI=1S/C15H23NO2/c1-3-9-16-15(11-17)8-4-5-12-10-13(18-2)6-7-14(12)15/h6-7,10,16-17H,3-5,8-9,11H2,1-2H3. The normalized spacial score (nSPS) is 22.6. The summed E-state index contributed by atoms with van der Waals surface area (Å²) in [4.78, 5) is 0. The molecular formula is C15H23NO2. The first-order valence-corrected chi connectivity index (χ1v) is 6.79. The van der Waals surface area contributed by atoms with Gasteiger partial charge in [0.05, 0.1) is 19.3 Å². The molecule has 3 heteroatoms. The number of aryl methyl sites for hydroxylation is 1. The minimum Gasteiger partial charge on any atom is -0.497 e. The molecule has 3 nitrogen and oxygen atoms in total. The molecule has 0 spiro atoms. The predicted molar refractivity (Wildman–Crippen MR) is 73.0 cm³/mol. The number of ether oxygens (including phenoxy) is 1. The Kier molecular flexibility index (Phi) is 4.25. The summed E-state index contributed by atoms with van der Waals surface area (Å²) in [6, 6.07) is 6.20. The molecule has 2 N–H and O–H groups in total. The Labute approximate surface area is 109 Å². The summed E-state index contributed by atoms with van der Waals surface area (Å²) in [7, 11) is 1.69. The molecule has 1 aliphatic rings. The minimum absolute atomic E-state index is 0.159. The van der Waals surface area contributed by atoms with E-state index in [0.717, 1.165) is 38.0 Å². The maximum atomic E-state index is 9.85. The summed E-state index contributed by atoms with van der Waals surface area (Å²) in [5, 5.41) is 13.4. The second kappa shape index (κ2) is 5.72. The lowest BCUT2D eigenvalue weighted by atomic mass is 9.76. The lowest BCUT2D eigenvalue weighted by Gasteiger charge is -2.39. The van der Waals surface area contributed by atoms with E-state index in [4.69, 9.17) is 4.74 Å². The van der Waals surface area contributed by atoms with E-state index in [2.05, 4.69) is 24.4 Å². The van der Waals surface area contributed by atoms with E-state index in [9.17, 15) is 5.11 Å². The Balaban J connectivity index is 2.36. The summed E-state index contributed by atoms with van der Waals surface area (Å²) >= 11 is 0. The Hall–Kier alpha value is -1.06. The van der Waals surface area contributed by atoms with Crippen molar-refractivity contribution in [2.45, 2.75) is 38.1 Å². The summed E-state index contributed by atoms with van der Waals surface area (Å²) in [5.74, 6) is 0.901. The van der Waals surface area contributed by atoms with Crippen LogP contribution in [-0.4, -0.2) is 25.4 Å². The van der Waals surface area contributed by atoms with E-state index in [1.54, 1.807) is 7.11 Å². The maximum absolute atomic E-state index is 9.85. The van der Waals surface area contributed by atoms with Gasteiger partial charge in [-0.1, -0.05) is 13.0 Å². The topological polar surface area (TPSA) is 41.5 Å². The average Bonchev–Trinajstić information content (AvgIpc) is 2.44. The number of hydrogen-bond acceptors (Lipinski definition) is 3. The summed E-state index contributed by atoms with van der Waals surface area (Å²) in [6.45, 7) is 3.24. The first-order chi connectivity index (χ1) is 8.75. The molecule has 0 aromatic heterocycles. The molecule has 2 rings (SSSR count). The highest BCUT2D eigenvalue weighted by Crippen LogP contribution is 2.36. The van der Waals surface area contributed by atoms with Crippen LogP contribution in [0.3, 0.4) is 0 Å². The number of methoxy groups -OCH3 is 1. The fraction of sp³-hybridized carbons (Fsp3) is 0.600. The molecule has 18 heavy (non-hydrogen) atoms. The third-order valence-corrected chi connectivity index (χ3v) is 3.86. The molecule has 0 fully saturated rings. The van der Waals surface area contributed by atoms with Gasteiger partial charge in [0.25, 0.3) is 0 Å². The van der Waals surface area contributed by atoms with Gasteiger partial charge >= 0.3 is 0 Å². The Morgan fingerprint density at radius 2 is 2.28 bits per heavy atom. The van der Waals surface area contributed by atoms with Gasteiger partial charge in [-0.05, 0) is 55.5 Å². The Morgan fingerprint density at radius 3 is 2.94 bits per heavy atom. The number of fused-ring (bicyclic) bond motifs is 1. The van der Waals surface area contributed by atoms with Crippen LogP contribution in [0.5, 0.6) is 5.75 Å². The van der Waals surface area contributed by atoms with Crippen LogP contribution in [0, 0.1) is 0 Å². The van der Waals surface area contributed by atoms with Gasteiger partial charge in [-0.15, -0.1) is 0 Å². The molecule has 0 amide bonds. The van der Waals surface area contributed by atoms with E-state index >= 15 is 0 Å². The third kappa shape index (κ3) is 2.38. The second-order valence-corrected chi connectivity index (χ2v) is 5.04. The van der Waals surface area contributed by atoms with Gasteiger partial charge in [-0.2, -0.15) is 0 Å². The molecule has 1 atom stereocenters. The molecule has 0 heterocycles. The summed E-state index contributed by atoms with van der Waals surface area (Å²) < 4.78 is 5.28. The molecule has 100 valence electrons. The number of aliphatic hydroxyl groups is 1. The smallest absolute Gasteiger partial charge is 0.119 e. The zero-order valence-electron chi connectivity index (χ0n) is 11.3. The van der Waals surface area contributed by atoms with Crippen molar-refractivity contribution >= 4 is 0 Å². The second-order valence-electron chi connectivity index (χ2n) is 5.04. The minimum atomic E-state index is -0.254. The van der Waals surface area contributed by atoms with Crippen LogP contribution in [0.15, 0.2) is 18.2 Å². The molecular weight excluding hydrogens is 226 g/mol. The molecule has 0 radical (unpaired) electrons. The molecule has 1 unspecified atom stereocenters. The van der Waals surface area contributed by atoms with Gasteiger partial charge in [0.15, 0.2) is 0 Å².